The quantitative estimate of drug-likeness (QED) is 0.871. The number of β-amino-alcohol motifs (C(OH)–C–C–N with tert-alkyl or cyclic N) is 1. The maximum absolute atomic E-state index is 12.1. The van der Waals surface area contributed by atoms with E-state index in [1.807, 2.05) is 32.0 Å². The highest BCUT2D eigenvalue weighted by Crippen LogP contribution is 2.24. The number of rotatable bonds is 6. The van der Waals surface area contributed by atoms with E-state index in [4.69, 9.17) is 9.47 Å². The number of amides is 1. The second kappa shape index (κ2) is 7.79. The van der Waals surface area contributed by atoms with Crippen LogP contribution >= 0.6 is 0 Å². The molecule has 0 aliphatic carbocycles. The third-order valence-electron chi connectivity index (χ3n) is 4.32. The van der Waals surface area contributed by atoms with Crippen molar-refractivity contribution in [1.29, 1.82) is 0 Å². The molecule has 0 bridgehead atoms. The number of hydrogen-bond acceptors (Lipinski definition) is 4. The van der Waals surface area contributed by atoms with Crippen LogP contribution in [0, 0.1) is 13.8 Å². The van der Waals surface area contributed by atoms with E-state index in [1.165, 1.54) is 5.56 Å². The molecule has 0 spiro atoms. The molecule has 128 valence electrons. The summed E-state index contributed by atoms with van der Waals surface area (Å²) < 4.78 is 10.9. The highest BCUT2D eigenvalue weighted by Gasteiger charge is 2.36. The topological polar surface area (TPSA) is 59.0 Å². The average Bonchev–Trinajstić information content (AvgIpc) is 2.54. The number of aliphatic hydroxyl groups is 1. The third-order valence-corrected chi connectivity index (χ3v) is 4.32. The molecule has 1 heterocycles. The SMILES string of the molecule is CCOCC(=O)N1CCCC(O)(COc2ccc(C)c(C)c2)C1. The van der Waals surface area contributed by atoms with E-state index in [0.717, 1.165) is 17.7 Å². The molecule has 0 aromatic heterocycles. The minimum atomic E-state index is -1.00. The van der Waals surface area contributed by atoms with E-state index >= 15 is 0 Å². The van der Waals surface area contributed by atoms with Crippen molar-refractivity contribution >= 4 is 5.91 Å². The fraction of sp³-hybridized carbons (Fsp3) is 0.611. The van der Waals surface area contributed by atoms with Crippen molar-refractivity contribution in [3.63, 3.8) is 0 Å². The number of nitrogens with zero attached hydrogens (tertiary/aromatic N) is 1. The van der Waals surface area contributed by atoms with Gasteiger partial charge in [-0.2, -0.15) is 0 Å². The summed E-state index contributed by atoms with van der Waals surface area (Å²) in [6.07, 6.45) is 1.40. The van der Waals surface area contributed by atoms with Crippen molar-refractivity contribution < 1.29 is 19.4 Å². The van der Waals surface area contributed by atoms with Crippen LogP contribution in [0.2, 0.25) is 0 Å². The first-order valence-corrected chi connectivity index (χ1v) is 8.21. The number of hydrogen-bond donors (Lipinski definition) is 1. The lowest BCUT2D eigenvalue weighted by atomic mass is 9.93. The summed E-state index contributed by atoms with van der Waals surface area (Å²) in [4.78, 5) is 13.7. The van der Waals surface area contributed by atoms with E-state index in [9.17, 15) is 9.90 Å². The van der Waals surface area contributed by atoms with E-state index < -0.39 is 5.60 Å². The summed E-state index contributed by atoms with van der Waals surface area (Å²) in [5.41, 5.74) is 1.37. The van der Waals surface area contributed by atoms with Crippen LogP contribution in [0.1, 0.15) is 30.9 Å². The predicted molar refractivity (Wildman–Crippen MR) is 88.7 cm³/mol. The summed E-state index contributed by atoms with van der Waals surface area (Å²) in [6.45, 7) is 7.68. The minimum absolute atomic E-state index is 0.0730. The smallest absolute Gasteiger partial charge is 0.248 e. The molecule has 1 fully saturated rings. The van der Waals surface area contributed by atoms with E-state index in [2.05, 4.69) is 6.92 Å². The van der Waals surface area contributed by atoms with Crippen molar-refractivity contribution in [3.05, 3.63) is 29.3 Å². The van der Waals surface area contributed by atoms with Crippen LogP contribution in [0.25, 0.3) is 0 Å². The van der Waals surface area contributed by atoms with Gasteiger partial charge in [-0.05, 0) is 56.9 Å². The van der Waals surface area contributed by atoms with Gasteiger partial charge in [-0.1, -0.05) is 6.07 Å². The summed E-state index contributed by atoms with van der Waals surface area (Å²) in [7, 11) is 0. The van der Waals surface area contributed by atoms with Crippen LogP contribution in [0.5, 0.6) is 5.75 Å². The van der Waals surface area contributed by atoms with Gasteiger partial charge in [0.15, 0.2) is 0 Å². The fourth-order valence-corrected chi connectivity index (χ4v) is 2.75. The van der Waals surface area contributed by atoms with Gasteiger partial charge in [0.2, 0.25) is 5.91 Å². The Morgan fingerprint density at radius 1 is 1.35 bits per heavy atom. The van der Waals surface area contributed by atoms with E-state index in [0.29, 0.717) is 26.1 Å². The van der Waals surface area contributed by atoms with Crippen LogP contribution in [-0.2, 0) is 9.53 Å². The molecule has 23 heavy (non-hydrogen) atoms. The van der Waals surface area contributed by atoms with E-state index in [1.54, 1.807) is 4.90 Å². The van der Waals surface area contributed by atoms with Gasteiger partial charge in [0, 0.05) is 13.2 Å². The summed E-state index contributed by atoms with van der Waals surface area (Å²) in [6, 6.07) is 5.89. The lowest BCUT2D eigenvalue weighted by Gasteiger charge is -2.38. The number of carbonyl (C=O) groups is 1. The number of benzene rings is 1. The highest BCUT2D eigenvalue weighted by molar-refractivity contribution is 5.77. The highest BCUT2D eigenvalue weighted by atomic mass is 16.5. The number of ether oxygens (including phenoxy) is 2. The third kappa shape index (κ3) is 4.94. The van der Waals surface area contributed by atoms with Crippen molar-refractivity contribution in [2.45, 2.75) is 39.2 Å². The zero-order valence-electron chi connectivity index (χ0n) is 14.3. The second-order valence-electron chi connectivity index (χ2n) is 6.32. The van der Waals surface area contributed by atoms with Gasteiger partial charge in [-0.3, -0.25) is 4.79 Å². The Morgan fingerprint density at radius 3 is 2.83 bits per heavy atom. The predicted octanol–water partition coefficient (Wildman–Crippen LogP) is 2.07. The van der Waals surface area contributed by atoms with E-state index in [-0.39, 0.29) is 19.1 Å². The van der Waals surface area contributed by atoms with Gasteiger partial charge in [0.25, 0.3) is 0 Å². The summed E-state index contributed by atoms with van der Waals surface area (Å²) >= 11 is 0. The van der Waals surface area contributed by atoms with Gasteiger partial charge in [0.05, 0.1) is 6.54 Å². The van der Waals surface area contributed by atoms with Gasteiger partial charge in [-0.25, -0.2) is 0 Å². The second-order valence-corrected chi connectivity index (χ2v) is 6.32. The molecule has 2 rings (SSSR count). The molecular formula is C18H27NO4. The Kier molecular flexibility index (Phi) is 6.02. The number of carbonyl (C=O) groups excluding carboxylic acids is 1. The molecule has 5 heteroatoms. The number of likely N-dealkylation sites (tertiary alicyclic amines) is 1. The van der Waals surface area contributed by atoms with Crippen LogP contribution in [0.15, 0.2) is 18.2 Å². The molecular weight excluding hydrogens is 294 g/mol. The maximum Gasteiger partial charge on any atom is 0.248 e. The fourth-order valence-electron chi connectivity index (χ4n) is 2.75. The maximum atomic E-state index is 12.1. The largest absolute Gasteiger partial charge is 0.491 e. The van der Waals surface area contributed by atoms with Gasteiger partial charge in [-0.15, -0.1) is 0 Å². The first kappa shape index (κ1) is 17.8. The molecule has 1 saturated heterocycles. The zero-order chi connectivity index (χ0) is 16.9. The molecule has 1 aliphatic heterocycles. The molecule has 5 nitrogen and oxygen atoms in total. The Bertz CT molecular complexity index is 546. The molecule has 1 aliphatic rings. The first-order chi connectivity index (χ1) is 10.9. The van der Waals surface area contributed by atoms with Crippen molar-refractivity contribution in [2.24, 2.45) is 0 Å². The van der Waals surface area contributed by atoms with Crippen LogP contribution in [-0.4, -0.2) is 54.4 Å². The first-order valence-electron chi connectivity index (χ1n) is 8.21. The van der Waals surface area contributed by atoms with Crippen LogP contribution in [0.4, 0.5) is 0 Å². The summed E-state index contributed by atoms with van der Waals surface area (Å²) in [5, 5.41) is 10.7. The Hall–Kier alpha value is -1.59. The van der Waals surface area contributed by atoms with Crippen molar-refractivity contribution in [3.8, 4) is 5.75 Å². The number of piperidine rings is 1. The Balaban J connectivity index is 1.92. The van der Waals surface area contributed by atoms with Crippen molar-refractivity contribution in [1.82, 2.24) is 4.90 Å². The van der Waals surface area contributed by atoms with Gasteiger partial charge in [0.1, 0.15) is 24.6 Å². The monoisotopic (exact) mass is 321 g/mol. The lowest BCUT2D eigenvalue weighted by molar-refractivity contribution is -0.144. The molecule has 1 N–H and O–H groups in total. The Morgan fingerprint density at radius 2 is 2.13 bits per heavy atom. The normalized spacial score (nSPS) is 21.3. The average molecular weight is 321 g/mol. The Labute approximate surface area is 138 Å². The molecule has 1 aromatic carbocycles. The standard InChI is InChI=1S/C18H27NO4/c1-4-22-11-17(20)19-9-5-8-18(21,12-19)13-23-16-7-6-14(2)15(3)10-16/h6-7,10,21H,4-5,8-9,11-13H2,1-3H3. The molecule has 0 saturated carbocycles. The lowest BCUT2D eigenvalue weighted by Crippen LogP contribution is -2.54. The van der Waals surface area contributed by atoms with Gasteiger partial charge >= 0.3 is 0 Å². The van der Waals surface area contributed by atoms with Gasteiger partial charge < -0.3 is 19.5 Å². The summed E-state index contributed by atoms with van der Waals surface area (Å²) in [5.74, 6) is 0.676. The zero-order valence-corrected chi connectivity index (χ0v) is 14.3. The molecule has 1 atom stereocenters. The minimum Gasteiger partial charge on any atom is -0.491 e. The molecule has 1 unspecified atom stereocenters. The molecule has 1 amide bonds. The van der Waals surface area contributed by atoms with Crippen LogP contribution in [0.3, 0.4) is 0 Å². The number of aryl methyl sites for hydroxylation is 2. The molecule has 0 radical (unpaired) electrons. The molecule has 1 aromatic rings. The van der Waals surface area contributed by atoms with Crippen LogP contribution < -0.4 is 4.74 Å². The van der Waals surface area contributed by atoms with Crippen molar-refractivity contribution in [2.75, 3.05) is 32.9 Å².